The number of ether oxygens (including phenoxy) is 5. The molecule has 0 radical (unpaired) electrons. The molecule has 1 amide bonds. The molecule has 0 bridgehead atoms. The van der Waals surface area contributed by atoms with E-state index in [1.807, 2.05) is 0 Å². The van der Waals surface area contributed by atoms with Crippen molar-refractivity contribution in [1.82, 2.24) is 4.72 Å². The van der Waals surface area contributed by atoms with Crippen LogP contribution in [0.4, 0.5) is 5.69 Å². The number of hydrogen-bond acceptors (Lipinski definition) is 9. The summed E-state index contributed by atoms with van der Waals surface area (Å²) in [6.45, 7) is 0.671. The molecule has 2 aromatic carbocycles. The van der Waals surface area contributed by atoms with Gasteiger partial charge in [-0.25, -0.2) is 8.42 Å². The average Bonchev–Trinajstić information content (AvgIpc) is 2.81. The maximum absolute atomic E-state index is 12.4. The minimum Gasteiger partial charge on any atom is -0.497 e. The molecule has 0 spiro atoms. The third-order valence-corrected chi connectivity index (χ3v) is 5.91. The van der Waals surface area contributed by atoms with E-state index in [-0.39, 0.29) is 4.90 Å². The van der Waals surface area contributed by atoms with Crippen molar-refractivity contribution in [3.8, 4) is 23.0 Å². The van der Waals surface area contributed by atoms with Crippen molar-refractivity contribution in [3.05, 3.63) is 36.4 Å². The van der Waals surface area contributed by atoms with E-state index in [1.54, 1.807) is 0 Å². The van der Waals surface area contributed by atoms with Gasteiger partial charge in [0.1, 0.15) is 11.8 Å². The molecule has 0 aliphatic rings. The molecule has 0 aliphatic carbocycles. The van der Waals surface area contributed by atoms with E-state index >= 15 is 0 Å². The smallest absolute Gasteiger partial charge is 0.324 e. The minimum absolute atomic E-state index is 0.0527. The van der Waals surface area contributed by atoms with E-state index in [2.05, 4.69) is 10.0 Å². The molecule has 180 valence electrons. The number of carbonyl (C=O) groups excluding carboxylic acids is 2. The van der Waals surface area contributed by atoms with Gasteiger partial charge in [0, 0.05) is 17.8 Å². The van der Waals surface area contributed by atoms with Crippen LogP contribution in [-0.4, -0.2) is 61.4 Å². The highest BCUT2D eigenvalue weighted by molar-refractivity contribution is 7.89. The van der Waals surface area contributed by atoms with E-state index in [9.17, 15) is 18.0 Å². The number of hydrogen-bond donors (Lipinski definition) is 2. The highest BCUT2D eigenvalue weighted by atomic mass is 32.2. The zero-order valence-electron chi connectivity index (χ0n) is 18.8. The third kappa shape index (κ3) is 6.73. The van der Waals surface area contributed by atoms with E-state index in [0.717, 1.165) is 0 Å². The lowest BCUT2D eigenvalue weighted by molar-refractivity contribution is -0.148. The Balaban J connectivity index is 1.96. The van der Waals surface area contributed by atoms with Crippen LogP contribution in [0.1, 0.15) is 6.92 Å². The zero-order chi connectivity index (χ0) is 24.6. The third-order valence-electron chi connectivity index (χ3n) is 4.35. The van der Waals surface area contributed by atoms with Gasteiger partial charge in [0.05, 0.1) is 33.3 Å². The Morgan fingerprint density at radius 3 is 1.97 bits per heavy atom. The van der Waals surface area contributed by atoms with Gasteiger partial charge in [-0.1, -0.05) is 0 Å². The predicted octanol–water partition coefficient (Wildman–Crippen LogP) is 1.57. The largest absolute Gasteiger partial charge is 0.497 e. The first-order valence-corrected chi connectivity index (χ1v) is 11.1. The quantitative estimate of drug-likeness (QED) is 0.457. The zero-order valence-corrected chi connectivity index (χ0v) is 19.6. The van der Waals surface area contributed by atoms with Crippen LogP contribution in [0.25, 0.3) is 0 Å². The number of esters is 1. The lowest BCUT2D eigenvalue weighted by Crippen LogP contribution is -2.40. The number of anilines is 1. The Hall–Kier alpha value is -3.51. The molecule has 0 heterocycles. The average molecular weight is 483 g/mol. The molecule has 0 unspecified atom stereocenters. The summed E-state index contributed by atoms with van der Waals surface area (Å²) in [5.41, 5.74) is 0.318. The van der Waals surface area contributed by atoms with Crippen LogP contribution < -0.4 is 29.0 Å². The van der Waals surface area contributed by atoms with Gasteiger partial charge in [-0.3, -0.25) is 9.59 Å². The van der Waals surface area contributed by atoms with Gasteiger partial charge in [0.2, 0.25) is 15.8 Å². The summed E-state index contributed by atoms with van der Waals surface area (Å²) in [7, 11) is 1.78. The summed E-state index contributed by atoms with van der Waals surface area (Å²) in [6.07, 6.45) is 0. The number of amides is 1. The second-order valence-corrected chi connectivity index (χ2v) is 8.30. The number of benzene rings is 2. The first-order valence-electron chi connectivity index (χ1n) is 9.58. The monoisotopic (exact) mass is 482 g/mol. The van der Waals surface area contributed by atoms with Gasteiger partial charge < -0.3 is 29.0 Å². The van der Waals surface area contributed by atoms with Gasteiger partial charge in [0.25, 0.3) is 5.91 Å². The molecule has 0 aromatic heterocycles. The summed E-state index contributed by atoms with van der Waals surface area (Å²) in [4.78, 5) is 24.3. The summed E-state index contributed by atoms with van der Waals surface area (Å²) < 4.78 is 52.6. The van der Waals surface area contributed by atoms with Crippen LogP contribution in [0.15, 0.2) is 41.3 Å². The molecule has 11 nitrogen and oxygen atoms in total. The molecule has 0 aliphatic heterocycles. The van der Waals surface area contributed by atoms with Crippen LogP contribution >= 0.6 is 0 Å². The number of carbonyl (C=O) groups is 2. The van der Waals surface area contributed by atoms with Crippen LogP contribution in [0.5, 0.6) is 23.0 Å². The van der Waals surface area contributed by atoms with Crippen molar-refractivity contribution in [1.29, 1.82) is 0 Å². The number of nitrogens with one attached hydrogen (secondary N) is 2. The molecule has 0 fully saturated rings. The van der Waals surface area contributed by atoms with E-state index in [4.69, 9.17) is 23.7 Å². The van der Waals surface area contributed by atoms with Gasteiger partial charge in [-0.15, -0.1) is 0 Å². The molecule has 2 aromatic rings. The van der Waals surface area contributed by atoms with E-state index < -0.39 is 34.5 Å². The van der Waals surface area contributed by atoms with E-state index in [0.29, 0.717) is 28.7 Å². The van der Waals surface area contributed by atoms with Crippen molar-refractivity contribution in [2.75, 3.05) is 40.4 Å². The van der Waals surface area contributed by atoms with Gasteiger partial charge in [0.15, 0.2) is 18.1 Å². The van der Waals surface area contributed by atoms with Crippen LogP contribution in [0.2, 0.25) is 0 Å². The molecule has 0 saturated heterocycles. The lowest BCUT2D eigenvalue weighted by atomic mass is 10.2. The first-order chi connectivity index (χ1) is 15.6. The molecule has 33 heavy (non-hydrogen) atoms. The number of sulfonamides is 1. The topological polar surface area (TPSA) is 138 Å². The summed E-state index contributed by atoms with van der Waals surface area (Å²) in [5.74, 6) is -0.0895. The minimum atomic E-state index is -3.99. The Bertz CT molecular complexity index is 1060. The molecule has 0 saturated carbocycles. The van der Waals surface area contributed by atoms with Crippen LogP contribution in [0, 0.1) is 0 Å². The second-order valence-electron chi connectivity index (χ2n) is 6.59. The van der Waals surface area contributed by atoms with Crippen molar-refractivity contribution >= 4 is 27.6 Å². The fraction of sp³-hybridized carbons (Fsp3) is 0.333. The Labute approximate surface area is 192 Å². The normalized spacial score (nSPS) is 11.8. The second kappa shape index (κ2) is 11.4. The fourth-order valence-electron chi connectivity index (χ4n) is 2.72. The molecule has 1 atom stereocenters. The molecule has 12 heteroatoms. The maximum atomic E-state index is 12.4. The van der Waals surface area contributed by atoms with Gasteiger partial charge >= 0.3 is 5.97 Å². The summed E-state index contributed by atoms with van der Waals surface area (Å²) in [5, 5.41) is 2.54. The number of rotatable bonds is 11. The van der Waals surface area contributed by atoms with E-state index in [1.165, 1.54) is 71.8 Å². The molecular formula is C21H26N2O9S. The van der Waals surface area contributed by atoms with Crippen molar-refractivity contribution in [3.63, 3.8) is 0 Å². The first kappa shape index (κ1) is 25.7. The fourth-order valence-corrected chi connectivity index (χ4v) is 3.91. The highest BCUT2D eigenvalue weighted by Gasteiger charge is 2.24. The summed E-state index contributed by atoms with van der Waals surface area (Å²) >= 11 is 0. The van der Waals surface area contributed by atoms with Crippen molar-refractivity contribution < 1.29 is 41.7 Å². The summed E-state index contributed by atoms with van der Waals surface area (Å²) in [6, 6.07) is 7.41. The van der Waals surface area contributed by atoms with Crippen molar-refractivity contribution in [2.45, 2.75) is 17.9 Å². The standard InChI is InChI=1S/C21H26N2O9S/c1-13(23-33(26,27)16-8-6-15(28-2)7-9-16)21(25)32-12-19(24)22-14-10-17(29-3)20(31-5)18(11-14)30-4/h6-11,13,23H,12H2,1-5H3,(H,22,24)/t13-/m0/s1. The van der Waals surface area contributed by atoms with Gasteiger partial charge in [-0.2, -0.15) is 4.72 Å². The molecule has 2 N–H and O–H groups in total. The molecule has 2 rings (SSSR count). The molecular weight excluding hydrogens is 456 g/mol. The highest BCUT2D eigenvalue weighted by Crippen LogP contribution is 2.39. The SMILES string of the molecule is COc1ccc(S(=O)(=O)N[C@@H](C)C(=O)OCC(=O)Nc2cc(OC)c(OC)c(OC)c2)cc1. The van der Waals surface area contributed by atoms with Crippen LogP contribution in [0.3, 0.4) is 0 Å². The predicted molar refractivity (Wildman–Crippen MR) is 118 cm³/mol. The van der Waals surface area contributed by atoms with Crippen LogP contribution in [-0.2, 0) is 24.3 Å². The number of methoxy groups -OCH3 is 4. The lowest BCUT2D eigenvalue weighted by Gasteiger charge is -2.15. The van der Waals surface area contributed by atoms with Crippen molar-refractivity contribution in [2.24, 2.45) is 0 Å². The Morgan fingerprint density at radius 1 is 0.909 bits per heavy atom. The van der Waals surface area contributed by atoms with Gasteiger partial charge in [-0.05, 0) is 31.2 Å². The Morgan fingerprint density at radius 2 is 1.48 bits per heavy atom. The Kier molecular flexibility index (Phi) is 8.88. The maximum Gasteiger partial charge on any atom is 0.324 e.